The van der Waals surface area contributed by atoms with Gasteiger partial charge in [-0.15, -0.1) is 0 Å². The first-order valence-electron chi connectivity index (χ1n) is 6.68. The standard InChI is InChI=1S/C17H17N/c1-12-14-8-4-5-9-15(14)17(2)11-13-7-3-6-10-16(13)18(12)17/h3-10,12H,11H2,1-2H3/t12-,17+/m0/s1. The normalized spacial score (nSPS) is 27.9. The van der Waals surface area contributed by atoms with Gasteiger partial charge in [0.2, 0.25) is 0 Å². The highest BCUT2D eigenvalue weighted by molar-refractivity contribution is 5.68. The van der Waals surface area contributed by atoms with Gasteiger partial charge in [-0.3, -0.25) is 0 Å². The highest BCUT2D eigenvalue weighted by Gasteiger charge is 2.49. The minimum Gasteiger partial charge on any atom is -0.355 e. The fourth-order valence-electron chi connectivity index (χ4n) is 3.97. The van der Waals surface area contributed by atoms with Crippen molar-refractivity contribution >= 4 is 5.69 Å². The Morgan fingerprint density at radius 2 is 1.78 bits per heavy atom. The second-order valence-corrected chi connectivity index (χ2v) is 5.71. The molecule has 2 aliphatic rings. The molecule has 90 valence electrons. The van der Waals surface area contributed by atoms with E-state index < -0.39 is 0 Å². The van der Waals surface area contributed by atoms with Crippen molar-refractivity contribution in [1.82, 2.24) is 0 Å². The second-order valence-electron chi connectivity index (χ2n) is 5.71. The molecule has 18 heavy (non-hydrogen) atoms. The highest BCUT2D eigenvalue weighted by Crippen LogP contribution is 2.55. The molecule has 0 aliphatic carbocycles. The second kappa shape index (κ2) is 3.17. The fraction of sp³-hybridized carbons (Fsp3) is 0.294. The van der Waals surface area contributed by atoms with Crippen molar-refractivity contribution < 1.29 is 0 Å². The number of hydrogen-bond acceptors (Lipinski definition) is 1. The van der Waals surface area contributed by atoms with Crippen molar-refractivity contribution in [3.63, 3.8) is 0 Å². The number of hydrogen-bond donors (Lipinski definition) is 0. The molecule has 1 heteroatoms. The third kappa shape index (κ3) is 1.03. The Morgan fingerprint density at radius 1 is 1.06 bits per heavy atom. The summed E-state index contributed by atoms with van der Waals surface area (Å²) in [6.07, 6.45) is 1.13. The monoisotopic (exact) mass is 235 g/mol. The number of nitrogens with zero attached hydrogens (tertiary/aromatic N) is 1. The zero-order valence-electron chi connectivity index (χ0n) is 10.9. The molecule has 2 aliphatic heterocycles. The van der Waals surface area contributed by atoms with Crippen molar-refractivity contribution in [2.45, 2.75) is 31.8 Å². The van der Waals surface area contributed by atoms with Gasteiger partial charge in [-0.1, -0.05) is 42.5 Å². The summed E-state index contributed by atoms with van der Waals surface area (Å²) < 4.78 is 0. The van der Waals surface area contributed by atoms with E-state index in [-0.39, 0.29) is 5.54 Å². The van der Waals surface area contributed by atoms with E-state index in [2.05, 4.69) is 67.3 Å². The first-order valence-corrected chi connectivity index (χ1v) is 6.68. The molecule has 2 heterocycles. The van der Waals surface area contributed by atoms with E-state index in [4.69, 9.17) is 0 Å². The molecular formula is C17H17N. The summed E-state index contributed by atoms with van der Waals surface area (Å²) in [4.78, 5) is 2.60. The molecule has 0 fully saturated rings. The van der Waals surface area contributed by atoms with Crippen LogP contribution >= 0.6 is 0 Å². The molecule has 0 saturated heterocycles. The SMILES string of the molecule is C[C@H]1c2ccccc2[C@@]2(C)Cc3ccccc3N12. The van der Waals surface area contributed by atoms with Crippen LogP contribution in [0.1, 0.15) is 36.6 Å². The van der Waals surface area contributed by atoms with Crippen LogP contribution in [-0.2, 0) is 12.0 Å². The fourth-order valence-corrected chi connectivity index (χ4v) is 3.97. The Morgan fingerprint density at radius 3 is 2.67 bits per heavy atom. The van der Waals surface area contributed by atoms with Gasteiger partial charge in [0.1, 0.15) is 0 Å². The van der Waals surface area contributed by atoms with E-state index in [1.54, 1.807) is 0 Å². The van der Waals surface area contributed by atoms with Crippen LogP contribution in [-0.4, -0.2) is 0 Å². The molecule has 2 aromatic rings. The van der Waals surface area contributed by atoms with Gasteiger partial charge in [-0.25, -0.2) is 0 Å². The molecule has 0 bridgehead atoms. The summed E-state index contributed by atoms with van der Waals surface area (Å²) in [5, 5.41) is 0. The smallest absolute Gasteiger partial charge is 0.0676 e. The Balaban J connectivity index is 1.98. The summed E-state index contributed by atoms with van der Waals surface area (Å²) in [6.45, 7) is 4.71. The van der Waals surface area contributed by atoms with Crippen LogP contribution < -0.4 is 4.90 Å². The maximum atomic E-state index is 2.60. The summed E-state index contributed by atoms with van der Waals surface area (Å²) in [7, 11) is 0. The summed E-state index contributed by atoms with van der Waals surface area (Å²) >= 11 is 0. The average Bonchev–Trinajstić information content (AvgIpc) is 2.81. The summed E-state index contributed by atoms with van der Waals surface area (Å²) in [5.74, 6) is 0. The van der Waals surface area contributed by atoms with Crippen LogP contribution in [0.15, 0.2) is 48.5 Å². The van der Waals surface area contributed by atoms with Crippen molar-refractivity contribution in [1.29, 1.82) is 0 Å². The molecule has 0 unspecified atom stereocenters. The first kappa shape index (κ1) is 10.2. The van der Waals surface area contributed by atoms with E-state index in [0.717, 1.165) is 6.42 Å². The van der Waals surface area contributed by atoms with Crippen LogP contribution in [0, 0.1) is 0 Å². The number of anilines is 1. The number of para-hydroxylation sites is 1. The molecule has 4 rings (SSSR count). The van der Waals surface area contributed by atoms with E-state index in [1.165, 1.54) is 22.4 Å². The largest absolute Gasteiger partial charge is 0.355 e. The lowest BCUT2D eigenvalue weighted by atomic mass is 9.88. The van der Waals surface area contributed by atoms with Gasteiger partial charge < -0.3 is 4.90 Å². The number of rotatable bonds is 0. The van der Waals surface area contributed by atoms with E-state index in [0.29, 0.717) is 6.04 Å². The molecule has 0 spiro atoms. The minimum atomic E-state index is 0.152. The number of benzene rings is 2. The molecule has 0 radical (unpaired) electrons. The quantitative estimate of drug-likeness (QED) is 0.666. The van der Waals surface area contributed by atoms with Gasteiger partial charge in [0.25, 0.3) is 0 Å². The predicted molar refractivity (Wildman–Crippen MR) is 74.8 cm³/mol. The molecular weight excluding hydrogens is 218 g/mol. The Kier molecular flexibility index (Phi) is 1.79. The lowest BCUT2D eigenvalue weighted by Crippen LogP contribution is -2.36. The zero-order chi connectivity index (χ0) is 12.3. The van der Waals surface area contributed by atoms with Crippen LogP contribution in [0.5, 0.6) is 0 Å². The van der Waals surface area contributed by atoms with Crippen molar-refractivity contribution in [3.05, 3.63) is 65.2 Å². The van der Waals surface area contributed by atoms with Gasteiger partial charge in [0, 0.05) is 12.1 Å². The Labute approximate surface area is 108 Å². The zero-order valence-corrected chi connectivity index (χ0v) is 10.9. The molecule has 0 amide bonds. The van der Waals surface area contributed by atoms with Crippen molar-refractivity contribution in [3.8, 4) is 0 Å². The topological polar surface area (TPSA) is 3.24 Å². The van der Waals surface area contributed by atoms with E-state index in [1.807, 2.05) is 0 Å². The summed E-state index contributed by atoms with van der Waals surface area (Å²) in [5.41, 5.74) is 6.06. The van der Waals surface area contributed by atoms with Gasteiger partial charge in [0.05, 0.1) is 11.6 Å². The van der Waals surface area contributed by atoms with Gasteiger partial charge >= 0.3 is 0 Å². The lowest BCUT2D eigenvalue weighted by Gasteiger charge is -2.33. The lowest BCUT2D eigenvalue weighted by molar-refractivity contribution is 0.472. The average molecular weight is 235 g/mol. The van der Waals surface area contributed by atoms with Crippen molar-refractivity contribution in [2.24, 2.45) is 0 Å². The van der Waals surface area contributed by atoms with Gasteiger partial charge in [-0.05, 0) is 36.6 Å². The molecule has 2 atom stereocenters. The van der Waals surface area contributed by atoms with Gasteiger partial charge in [0.15, 0.2) is 0 Å². The van der Waals surface area contributed by atoms with Crippen LogP contribution in [0.25, 0.3) is 0 Å². The molecule has 0 aromatic heterocycles. The van der Waals surface area contributed by atoms with Crippen LogP contribution in [0.4, 0.5) is 5.69 Å². The number of fused-ring (bicyclic) bond motifs is 5. The van der Waals surface area contributed by atoms with Crippen LogP contribution in [0.2, 0.25) is 0 Å². The van der Waals surface area contributed by atoms with Crippen LogP contribution in [0.3, 0.4) is 0 Å². The molecule has 1 nitrogen and oxygen atoms in total. The third-order valence-electron chi connectivity index (χ3n) is 4.70. The Bertz CT molecular complexity index is 631. The van der Waals surface area contributed by atoms with Gasteiger partial charge in [-0.2, -0.15) is 0 Å². The van der Waals surface area contributed by atoms with E-state index >= 15 is 0 Å². The summed E-state index contributed by atoms with van der Waals surface area (Å²) in [6, 6.07) is 18.2. The third-order valence-corrected chi connectivity index (χ3v) is 4.70. The molecule has 0 N–H and O–H groups in total. The first-order chi connectivity index (χ1) is 8.72. The van der Waals surface area contributed by atoms with E-state index in [9.17, 15) is 0 Å². The molecule has 0 saturated carbocycles. The minimum absolute atomic E-state index is 0.152. The predicted octanol–water partition coefficient (Wildman–Crippen LogP) is 4.04. The maximum absolute atomic E-state index is 2.60. The molecule has 2 aromatic carbocycles. The highest BCUT2D eigenvalue weighted by atomic mass is 15.3. The Hall–Kier alpha value is -1.76. The van der Waals surface area contributed by atoms with Crippen molar-refractivity contribution in [2.75, 3.05) is 4.90 Å². The maximum Gasteiger partial charge on any atom is 0.0676 e.